The minimum absolute atomic E-state index is 0.170. The van der Waals surface area contributed by atoms with Gasteiger partial charge in [0.25, 0.3) is 5.89 Å². The lowest BCUT2D eigenvalue weighted by Gasteiger charge is -2.20. The van der Waals surface area contributed by atoms with Gasteiger partial charge in [-0.15, -0.1) is 0 Å². The van der Waals surface area contributed by atoms with E-state index in [-0.39, 0.29) is 18.4 Å². The summed E-state index contributed by atoms with van der Waals surface area (Å²) in [5.74, 6) is 0.808. The summed E-state index contributed by atoms with van der Waals surface area (Å²) in [7, 11) is 0. The molecule has 0 saturated carbocycles. The Morgan fingerprint density at radius 2 is 1.82 bits per heavy atom. The van der Waals surface area contributed by atoms with Crippen molar-refractivity contribution in [3.05, 3.63) is 90.1 Å². The van der Waals surface area contributed by atoms with Crippen LogP contribution in [0.2, 0.25) is 0 Å². The van der Waals surface area contributed by atoms with Crippen LogP contribution in [0.25, 0.3) is 22.8 Å². The van der Waals surface area contributed by atoms with Crippen LogP contribution in [0.3, 0.4) is 0 Å². The summed E-state index contributed by atoms with van der Waals surface area (Å²) in [4.78, 5) is 34.1. The number of benzene rings is 1. The highest BCUT2D eigenvalue weighted by Crippen LogP contribution is 2.36. The Morgan fingerprint density at radius 1 is 1.00 bits per heavy atom. The highest BCUT2D eigenvalue weighted by molar-refractivity contribution is 5.93. The average molecular weight is 537 g/mol. The van der Waals surface area contributed by atoms with Gasteiger partial charge in [-0.25, -0.2) is 19.7 Å². The molecule has 5 heterocycles. The topological polar surface area (TPSA) is 161 Å². The van der Waals surface area contributed by atoms with E-state index in [1.165, 1.54) is 6.20 Å². The summed E-state index contributed by atoms with van der Waals surface area (Å²) in [6, 6.07) is 14.5. The maximum absolute atomic E-state index is 12.1. The van der Waals surface area contributed by atoms with E-state index < -0.39 is 17.6 Å². The smallest absolute Gasteiger partial charge is 0.342 e. The third-order valence-electron chi connectivity index (χ3n) is 6.36. The first kappa shape index (κ1) is 25.1. The molecule has 5 aromatic rings. The van der Waals surface area contributed by atoms with Crippen LogP contribution >= 0.6 is 0 Å². The van der Waals surface area contributed by atoms with Gasteiger partial charge in [-0.1, -0.05) is 35.5 Å². The molecule has 0 aliphatic carbocycles. The second kappa shape index (κ2) is 10.2. The predicted molar refractivity (Wildman–Crippen MR) is 144 cm³/mol. The van der Waals surface area contributed by atoms with Crippen molar-refractivity contribution < 1.29 is 19.2 Å². The van der Waals surface area contributed by atoms with Gasteiger partial charge in [-0.3, -0.25) is 4.98 Å². The van der Waals surface area contributed by atoms with Crippen LogP contribution in [0.5, 0.6) is 0 Å². The van der Waals surface area contributed by atoms with E-state index in [1.54, 1.807) is 44.6 Å². The number of rotatable bonds is 8. The molecule has 12 nitrogen and oxygen atoms in total. The number of aromatic nitrogens is 6. The molecule has 0 amide bonds. The fraction of sp³-hybridized carbons (Fsp3) is 0.179. The summed E-state index contributed by atoms with van der Waals surface area (Å²) < 4.78 is 11.0. The van der Waals surface area contributed by atoms with Gasteiger partial charge < -0.3 is 25.0 Å². The van der Waals surface area contributed by atoms with Gasteiger partial charge in [-0.2, -0.15) is 4.98 Å². The molecular weight excluding hydrogens is 512 g/mol. The zero-order valence-corrected chi connectivity index (χ0v) is 21.6. The summed E-state index contributed by atoms with van der Waals surface area (Å²) in [5.41, 5.74) is 2.63. The number of cyclic esters (lactones) is 1. The quantitative estimate of drug-likeness (QED) is 0.242. The molecule has 0 unspecified atom stereocenters. The van der Waals surface area contributed by atoms with E-state index in [1.807, 2.05) is 36.4 Å². The summed E-state index contributed by atoms with van der Waals surface area (Å²) >= 11 is 0. The number of pyridine rings is 2. The molecule has 1 aromatic carbocycles. The van der Waals surface area contributed by atoms with Crippen molar-refractivity contribution in [3.63, 3.8) is 0 Å². The van der Waals surface area contributed by atoms with E-state index in [9.17, 15) is 9.90 Å². The first-order valence-electron chi connectivity index (χ1n) is 12.5. The molecule has 1 aliphatic heterocycles. The van der Waals surface area contributed by atoms with Gasteiger partial charge in [0.05, 0.1) is 23.9 Å². The van der Waals surface area contributed by atoms with Crippen LogP contribution in [-0.4, -0.2) is 47.8 Å². The Balaban J connectivity index is 1.36. The number of hydrogen-bond donors (Lipinski definition) is 3. The lowest BCUT2D eigenvalue weighted by Crippen LogP contribution is -2.18. The number of carbonyl (C=O) groups excluding carboxylic acids is 1. The monoisotopic (exact) mass is 536 g/mol. The molecule has 1 atom stereocenters. The number of fused-ring (bicyclic) bond motifs is 1. The lowest BCUT2D eigenvalue weighted by molar-refractivity contribution is 0.00834. The van der Waals surface area contributed by atoms with Gasteiger partial charge >= 0.3 is 5.97 Å². The lowest BCUT2D eigenvalue weighted by atomic mass is 10.0. The van der Waals surface area contributed by atoms with E-state index in [4.69, 9.17) is 9.26 Å². The molecule has 4 aromatic heterocycles. The van der Waals surface area contributed by atoms with E-state index >= 15 is 0 Å². The Morgan fingerprint density at radius 3 is 2.60 bits per heavy atom. The van der Waals surface area contributed by atoms with E-state index in [0.29, 0.717) is 39.7 Å². The van der Waals surface area contributed by atoms with Crippen molar-refractivity contribution in [2.45, 2.75) is 25.5 Å². The van der Waals surface area contributed by atoms with Crippen LogP contribution in [0.4, 0.5) is 17.5 Å². The van der Waals surface area contributed by atoms with Crippen molar-refractivity contribution >= 4 is 23.4 Å². The summed E-state index contributed by atoms with van der Waals surface area (Å²) in [6.07, 6.45) is 6.32. The van der Waals surface area contributed by atoms with Crippen molar-refractivity contribution in [1.82, 2.24) is 30.1 Å². The van der Waals surface area contributed by atoms with Crippen LogP contribution in [0.1, 0.15) is 41.5 Å². The number of nitrogens with zero attached hydrogens (tertiary/aromatic N) is 6. The SMILES string of the molecule is CC1(C)OC(=O)c2cnc(Nc3cc(N[C@H](CO)c4ccccc4)c(-c4nc(-c5cccnc5)no4)cn3)nc21. The Bertz CT molecular complexity index is 1670. The average Bonchev–Trinajstić information content (AvgIpc) is 3.55. The number of ether oxygens (including phenoxy) is 1. The number of hydrogen-bond acceptors (Lipinski definition) is 12. The number of aliphatic hydroxyl groups excluding tert-OH is 1. The Kier molecular flexibility index (Phi) is 6.36. The molecule has 200 valence electrons. The van der Waals surface area contributed by atoms with Crippen LogP contribution in [0.15, 0.2) is 77.8 Å². The van der Waals surface area contributed by atoms with Crippen molar-refractivity contribution in [1.29, 1.82) is 0 Å². The highest BCUT2D eigenvalue weighted by atomic mass is 16.6. The minimum Gasteiger partial charge on any atom is -0.449 e. The predicted octanol–water partition coefficient (Wildman–Crippen LogP) is 4.28. The second-order valence-corrected chi connectivity index (χ2v) is 9.55. The van der Waals surface area contributed by atoms with Gasteiger partial charge in [-0.05, 0) is 31.5 Å². The van der Waals surface area contributed by atoms with Crippen LogP contribution < -0.4 is 10.6 Å². The zero-order valence-electron chi connectivity index (χ0n) is 21.6. The van der Waals surface area contributed by atoms with Crippen molar-refractivity contribution in [2.24, 2.45) is 0 Å². The van der Waals surface area contributed by atoms with Gasteiger partial charge in [0.15, 0.2) is 0 Å². The molecule has 0 radical (unpaired) electrons. The minimum atomic E-state index is -0.871. The molecule has 0 bridgehead atoms. The van der Waals surface area contributed by atoms with E-state index in [0.717, 1.165) is 5.56 Å². The van der Waals surface area contributed by atoms with Gasteiger partial charge in [0, 0.05) is 36.4 Å². The maximum Gasteiger partial charge on any atom is 0.342 e. The molecule has 6 rings (SSSR count). The Hall–Kier alpha value is -5.23. The number of anilines is 3. The third kappa shape index (κ3) is 4.83. The van der Waals surface area contributed by atoms with Gasteiger partial charge in [0.1, 0.15) is 22.7 Å². The number of carbonyl (C=O) groups is 1. The van der Waals surface area contributed by atoms with Crippen molar-refractivity contribution in [3.8, 4) is 22.8 Å². The van der Waals surface area contributed by atoms with Crippen molar-refractivity contribution in [2.75, 3.05) is 17.2 Å². The van der Waals surface area contributed by atoms with Crippen LogP contribution in [-0.2, 0) is 10.3 Å². The molecule has 40 heavy (non-hydrogen) atoms. The Labute approximate surface area is 228 Å². The number of esters is 1. The largest absolute Gasteiger partial charge is 0.449 e. The zero-order chi connectivity index (χ0) is 27.7. The maximum atomic E-state index is 12.1. The fourth-order valence-corrected chi connectivity index (χ4v) is 4.37. The number of aliphatic hydroxyl groups is 1. The molecular formula is C28H24N8O4. The molecule has 0 spiro atoms. The van der Waals surface area contributed by atoms with Gasteiger partial charge in [0.2, 0.25) is 11.8 Å². The summed E-state index contributed by atoms with van der Waals surface area (Å²) in [6.45, 7) is 3.37. The molecule has 0 saturated heterocycles. The molecule has 3 N–H and O–H groups in total. The second-order valence-electron chi connectivity index (χ2n) is 9.55. The highest BCUT2D eigenvalue weighted by Gasteiger charge is 2.40. The van der Waals surface area contributed by atoms with Crippen LogP contribution in [0, 0.1) is 0 Å². The summed E-state index contributed by atoms with van der Waals surface area (Å²) in [5, 5.41) is 20.8. The molecule has 0 fully saturated rings. The van der Waals surface area contributed by atoms with E-state index in [2.05, 4.69) is 40.7 Å². The standard InChI is InChI=1S/C28H24N8O4/c1-28(2)23-19(26(38)39-28)14-31-27(34-23)33-22-11-20(32-21(15-37)16-7-4-3-5-8-16)18(13-30-22)25-35-24(36-40-25)17-9-6-10-29-12-17/h3-14,21,37H,15H2,1-2H3,(H2,30,31,32,33,34)/t21-/m1/s1. The fourth-order valence-electron chi connectivity index (χ4n) is 4.37. The normalized spacial score (nSPS) is 14.3. The first-order chi connectivity index (χ1) is 19.4. The molecule has 12 heteroatoms. The number of nitrogens with one attached hydrogen (secondary N) is 2. The third-order valence-corrected chi connectivity index (χ3v) is 6.36. The molecule has 1 aliphatic rings. The first-order valence-corrected chi connectivity index (χ1v) is 12.5.